The summed E-state index contributed by atoms with van der Waals surface area (Å²) in [6.07, 6.45) is 4.97. The van der Waals surface area contributed by atoms with Gasteiger partial charge in [-0.15, -0.1) is 0 Å². The lowest BCUT2D eigenvalue weighted by Gasteiger charge is -2.22. The Balaban J connectivity index is 2.18. The molecule has 3 rings (SSSR count). The van der Waals surface area contributed by atoms with Crippen LogP contribution in [0.25, 0.3) is 11.2 Å². The monoisotopic (exact) mass is 294 g/mol. The van der Waals surface area contributed by atoms with Crippen LogP contribution < -0.4 is 0 Å². The minimum Gasteiger partial charge on any atom is -0.391 e. The maximum absolute atomic E-state index is 10.5. The number of nitrogens with one attached hydrogen (secondary N) is 1. The smallest absolute Gasteiger partial charge is 0.179 e. The number of aliphatic hydroxyl groups is 1. The Morgan fingerprint density at radius 2 is 2.10 bits per heavy atom. The fourth-order valence-corrected chi connectivity index (χ4v) is 3.65. The van der Waals surface area contributed by atoms with Gasteiger partial charge in [0.2, 0.25) is 0 Å². The molecule has 5 nitrogen and oxygen atoms in total. The molecular formula is C14H22N4OS. The third-order valence-corrected chi connectivity index (χ3v) is 4.65. The summed E-state index contributed by atoms with van der Waals surface area (Å²) in [4.78, 5) is 3.27. The molecule has 110 valence electrons. The van der Waals surface area contributed by atoms with Gasteiger partial charge in [-0.2, -0.15) is 5.10 Å². The van der Waals surface area contributed by atoms with Gasteiger partial charge in [0, 0.05) is 6.54 Å². The maximum Gasteiger partial charge on any atom is 0.179 e. The number of hydrogen-bond donors (Lipinski definition) is 2. The normalized spacial score (nSPS) is 24.1. The van der Waals surface area contributed by atoms with Gasteiger partial charge in [0.05, 0.1) is 17.8 Å². The van der Waals surface area contributed by atoms with Crippen molar-refractivity contribution in [3.8, 4) is 0 Å². The van der Waals surface area contributed by atoms with Crippen molar-refractivity contribution >= 4 is 23.4 Å². The van der Waals surface area contributed by atoms with Crippen LogP contribution in [0, 0.1) is 11.7 Å². The zero-order valence-corrected chi connectivity index (χ0v) is 12.9. The Morgan fingerprint density at radius 3 is 2.85 bits per heavy atom. The highest BCUT2D eigenvalue weighted by molar-refractivity contribution is 7.71. The quantitative estimate of drug-likeness (QED) is 0.661. The van der Waals surface area contributed by atoms with Crippen molar-refractivity contribution in [3.05, 3.63) is 10.5 Å². The Labute approximate surface area is 123 Å². The van der Waals surface area contributed by atoms with E-state index in [1.165, 1.54) is 6.42 Å². The highest BCUT2D eigenvalue weighted by Crippen LogP contribution is 2.31. The van der Waals surface area contributed by atoms with E-state index in [0.29, 0.717) is 4.77 Å². The van der Waals surface area contributed by atoms with Crippen LogP contribution in [0.3, 0.4) is 0 Å². The molecule has 0 spiro atoms. The van der Waals surface area contributed by atoms with Crippen LogP contribution in [0.1, 0.15) is 50.8 Å². The van der Waals surface area contributed by atoms with Gasteiger partial charge in [-0.1, -0.05) is 19.3 Å². The van der Waals surface area contributed by atoms with Gasteiger partial charge >= 0.3 is 0 Å². The summed E-state index contributed by atoms with van der Waals surface area (Å²) < 4.78 is 4.78. The zero-order valence-electron chi connectivity index (χ0n) is 12.1. The van der Waals surface area contributed by atoms with Gasteiger partial charge in [0.25, 0.3) is 0 Å². The van der Waals surface area contributed by atoms with Crippen molar-refractivity contribution in [2.45, 2.75) is 64.6 Å². The number of aryl methyl sites for hydroxylation is 2. The van der Waals surface area contributed by atoms with E-state index in [1.54, 1.807) is 0 Å². The highest BCUT2D eigenvalue weighted by atomic mass is 32.1. The van der Waals surface area contributed by atoms with E-state index in [0.717, 1.165) is 49.1 Å². The lowest BCUT2D eigenvalue weighted by Crippen LogP contribution is -2.24. The Hall–Kier alpha value is -1.14. The van der Waals surface area contributed by atoms with Crippen LogP contribution in [-0.4, -0.2) is 30.5 Å². The molecule has 20 heavy (non-hydrogen) atoms. The number of aromatic amines is 1. The first-order valence-corrected chi connectivity index (χ1v) is 7.90. The average Bonchev–Trinajstić information content (AvgIpc) is 2.82. The van der Waals surface area contributed by atoms with Gasteiger partial charge in [-0.05, 0) is 38.9 Å². The Morgan fingerprint density at radius 1 is 1.35 bits per heavy atom. The molecule has 0 amide bonds. The van der Waals surface area contributed by atoms with Crippen LogP contribution in [0.15, 0.2) is 0 Å². The molecule has 0 aromatic carbocycles. The highest BCUT2D eigenvalue weighted by Gasteiger charge is 2.27. The Bertz CT molecular complexity index is 669. The van der Waals surface area contributed by atoms with E-state index in [9.17, 15) is 5.11 Å². The number of imidazole rings is 1. The van der Waals surface area contributed by atoms with E-state index < -0.39 is 0 Å². The number of aromatic nitrogens is 4. The molecule has 1 aliphatic rings. The summed E-state index contributed by atoms with van der Waals surface area (Å²) in [6.45, 7) is 4.88. The van der Waals surface area contributed by atoms with E-state index in [4.69, 9.17) is 12.2 Å². The van der Waals surface area contributed by atoms with Gasteiger partial charge in [-0.25, -0.2) is 4.68 Å². The first kappa shape index (κ1) is 13.8. The van der Waals surface area contributed by atoms with Crippen LogP contribution in [0.5, 0.6) is 0 Å². The fraction of sp³-hybridized carbons (Fsp3) is 0.714. The lowest BCUT2D eigenvalue weighted by atomic mass is 10.1. The second kappa shape index (κ2) is 5.33. The average molecular weight is 294 g/mol. The van der Waals surface area contributed by atoms with E-state index in [-0.39, 0.29) is 12.1 Å². The van der Waals surface area contributed by atoms with Gasteiger partial charge < -0.3 is 10.1 Å². The predicted octanol–water partition coefficient (Wildman–Crippen LogP) is 3.09. The molecule has 0 saturated heterocycles. The molecule has 1 fully saturated rings. The predicted molar refractivity (Wildman–Crippen MR) is 81.4 cm³/mol. The number of rotatable bonds is 2. The van der Waals surface area contributed by atoms with Crippen molar-refractivity contribution in [1.29, 1.82) is 0 Å². The zero-order chi connectivity index (χ0) is 14.3. The third-order valence-electron chi connectivity index (χ3n) is 4.35. The molecule has 1 aliphatic carbocycles. The molecule has 0 bridgehead atoms. The summed E-state index contributed by atoms with van der Waals surface area (Å²) >= 11 is 5.51. The van der Waals surface area contributed by atoms with Crippen molar-refractivity contribution in [2.24, 2.45) is 0 Å². The minimum atomic E-state index is -0.316. The lowest BCUT2D eigenvalue weighted by molar-refractivity contribution is 0.106. The molecule has 2 aromatic heterocycles. The van der Waals surface area contributed by atoms with Crippen LogP contribution in [-0.2, 0) is 6.54 Å². The topological polar surface area (TPSA) is 58.8 Å². The SMILES string of the molecule is CCn1nc(C)c2[nH]c(=S)n(C3CCCCCC3O)c21. The minimum absolute atomic E-state index is 0.0696. The van der Waals surface area contributed by atoms with Gasteiger partial charge in [-0.3, -0.25) is 4.57 Å². The largest absolute Gasteiger partial charge is 0.391 e. The molecule has 6 heteroatoms. The number of aliphatic hydroxyl groups excluding tert-OH is 1. The second-order valence-electron chi connectivity index (χ2n) is 5.67. The van der Waals surface area contributed by atoms with Gasteiger partial charge in [0.1, 0.15) is 5.52 Å². The van der Waals surface area contributed by atoms with E-state index >= 15 is 0 Å². The van der Waals surface area contributed by atoms with Crippen molar-refractivity contribution in [2.75, 3.05) is 0 Å². The fourth-order valence-electron chi connectivity index (χ4n) is 3.32. The van der Waals surface area contributed by atoms with Gasteiger partial charge in [0.15, 0.2) is 10.4 Å². The van der Waals surface area contributed by atoms with Crippen molar-refractivity contribution in [3.63, 3.8) is 0 Å². The maximum atomic E-state index is 10.5. The number of fused-ring (bicyclic) bond motifs is 1. The molecule has 0 radical (unpaired) electrons. The standard InChI is InChI=1S/C14H22N4OS/c1-3-17-13-12(9(2)16-17)15-14(20)18(13)10-7-5-4-6-8-11(10)19/h10-11,19H,3-8H2,1-2H3,(H,15,20). The van der Waals surface area contributed by atoms with Crippen LogP contribution >= 0.6 is 12.2 Å². The van der Waals surface area contributed by atoms with Crippen LogP contribution in [0.2, 0.25) is 0 Å². The molecule has 2 heterocycles. The summed E-state index contributed by atoms with van der Waals surface area (Å²) in [7, 11) is 0. The molecule has 0 aliphatic heterocycles. The summed E-state index contributed by atoms with van der Waals surface area (Å²) in [5.41, 5.74) is 3.00. The molecule has 2 unspecified atom stereocenters. The third kappa shape index (κ3) is 2.11. The summed E-state index contributed by atoms with van der Waals surface area (Å²) in [5, 5.41) is 15.0. The summed E-state index contributed by atoms with van der Waals surface area (Å²) in [6, 6.07) is 0.0696. The van der Waals surface area contributed by atoms with Crippen molar-refractivity contribution < 1.29 is 5.11 Å². The molecular weight excluding hydrogens is 272 g/mol. The van der Waals surface area contributed by atoms with E-state index in [2.05, 4.69) is 21.6 Å². The molecule has 2 atom stereocenters. The van der Waals surface area contributed by atoms with Crippen LogP contribution in [0.4, 0.5) is 0 Å². The molecule has 2 aromatic rings. The number of H-pyrrole nitrogens is 1. The van der Waals surface area contributed by atoms with Crippen molar-refractivity contribution in [1.82, 2.24) is 19.3 Å². The number of nitrogens with zero attached hydrogens (tertiary/aromatic N) is 3. The second-order valence-corrected chi connectivity index (χ2v) is 6.06. The first-order chi connectivity index (χ1) is 9.63. The van der Waals surface area contributed by atoms with E-state index in [1.807, 2.05) is 11.6 Å². The number of hydrogen-bond acceptors (Lipinski definition) is 3. The molecule has 2 N–H and O–H groups in total. The first-order valence-electron chi connectivity index (χ1n) is 7.49. The molecule has 1 saturated carbocycles. The summed E-state index contributed by atoms with van der Waals surface area (Å²) in [5.74, 6) is 0. The Kier molecular flexibility index (Phi) is 3.69.